The molecule has 5 atom stereocenters. The van der Waals surface area contributed by atoms with E-state index in [9.17, 15) is 29.3 Å². The summed E-state index contributed by atoms with van der Waals surface area (Å²) < 4.78 is 10.6. The van der Waals surface area contributed by atoms with E-state index in [4.69, 9.17) is 15.2 Å². The third-order valence-corrected chi connectivity index (χ3v) is 11.0. The maximum Gasteiger partial charge on any atom is 0.410 e. The first-order valence-corrected chi connectivity index (χ1v) is 17.7. The van der Waals surface area contributed by atoms with Crippen molar-refractivity contribution in [3.8, 4) is 0 Å². The van der Waals surface area contributed by atoms with Gasteiger partial charge in [-0.2, -0.15) is 0 Å². The van der Waals surface area contributed by atoms with Crippen LogP contribution in [0.15, 0.2) is 23.4 Å². The molecule has 16 heteroatoms. The number of methoxy groups -OCH3 is 1. The Morgan fingerprint density at radius 3 is 2.15 bits per heavy atom. The highest BCUT2D eigenvalue weighted by Crippen LogP contribution is 2.40. The minimum atomic E-state index is -0.941. The molecule has 0 aliphatic carbocycles. The Balaban J connectivity index is 3.03. The number of amides is 4. The average Bonchev–Trinajstić information content (AvgIpc) is 3.00. The van der Waals surface area contributed by atoms with Gasteiger partial charge in [0.2, 0.25) is 17.7 Å². The summed E-state index contributed by atoms with van der Waals surface area (Å²) in [6.45, 7) is 14.9. The number of nitrogens with one attached hydrogen (secondary N) is 1. The molecule has 0 aliphatic rings. The molecule has 0 bridgehead atoms. The van der Waals surface area contributed by atoms with Crippen molar-refractivity contribution in [2.75, 3.05) is 27.8 Å². The van der Waals surface area contributed by atoms with Crippen LogP contribution >= 0.6 is 21.6 Å². The van der Waals surface area contributed by atoms with Crippen LogP contribution in [0, 0.1) is 27.9 Å². The quantitative estimate of drug-likeness (QED) is 0.117. The smallest absolute Gasteiger partial charge is 0.410 e. The summed E-state index contributed by atoms with van der Waals surface area (Å²) in [5.74, 6) is -2.05. The van der Waals surface area contributed by atoms with Crippen LogP contribution in [0.3, 0.4) is 0 Å². The number of rotatable bonds is 19. The van der Waals surface area contributed by atoms with Gasteiger partial charge in [0.25, 0.3) is 5.69 Å². The molecule has 0 saturated heterocycles. The van der Waals surface area contributed by atoms with Gasteiger partial charge in [-0.3, -0.25) is 29.4 Å². The van der Waals surface area contributed by atoms with Gasteiger partial charge in [-0.25, -0.2) is 9.78 Å². The van der Waals surface area contributed by atoms with Crippen LogP contribution in [0.1, 0.15) is 68.2 Å². The minimum Gasteiger partial charge on any atom is -0.448 e. The van der Waals surface area contributed by atoms with Crippen molar-refractivity contribution in [3.05, 3.63) is 28.4 Å². The topological polar surface area (TPSA) is 187 Å². The molecule has 47 heavy (non-hydrogen) atoms. The van der Waals surface area contributed by atoms with Crippen molar-refractivity contribution in [1.29, 1.82) is 0 Å². The highest BCUT2D eigenvalue weighted by atomic mass is 33.1. The molecule has 0 radical (unpaired) electrons. The molecule has 14 nitrogen and oxygen atoms in total. The second-order valence-electron chi connectivity index (χ2n) is 12.9. The first kappa shape index (κ1) is 41.9. The van der Waals surface area contributed by atoms with Gasteiger partial charge in [0.05, 0.1) is 28.2 Å². The standard InChI is InChI=1S/C31H52N6O8S2/c1-12-20(6)27(22(44-11)15-23(32)38)35(9)29(40)25(18(2)3)34-28(39)26(19(4)5)36(10)30(41)45-17-31(7,8)47-46-24-14-13-21(16-33-24)37(42)43/h13-14,16,18-20,22,25-27H,12,15,17H2,1-11H3,(H2,32,38)(H,34,39)/t20-,22+,25-,26-,27-/m0/s1. The van der Waals surface area contributed by atoms with Crippen LogP contribution in [0.25, 0.3) is 0 Å². The van der Waals surface area contributed by atoms with Gasteiger partial charge in [-0.15, -0.1) is 0 Å². The number of nitrogens with zero attached hydrogens (tertiary/aromatic N) is 4. The number of primary amides is 1. The van der Waals surface area contributed by atoms with Crippen molar-refractivity contribution in [3.63, 3.8) is 0 Å². The number of aromatic nitrogens is 1. The van der Waals surface area contributed by atoms with Gasteiger partial charge in [-0.05, 0) is 48.5 Å². The SMILES string of the molecule is CC[C@H](C)[C@@H]([C@@H](CC(N)=O)OC)N(C)C(=O)[C@@H](NC(=O)[C@H](C(C)C)N(C)C(=O)OCC(C)(C)SSc1ccc([N+](=O)[O-])cn1)C(C)C. The van der Waals surface area contributed by atoms with Crippen LogP contribution in [-0.4, -0.2) is 100 Å². The molecule has 0 saturated carbocycles. The molecule has 0 aromatic carbocycles. The molecule has 0 aliphatic heterocycles. The van der Waals surface area contributed by atoms with Crippen molar-refractivity contribution < 1.29 is 33.6 Å². The van der Waals surface area contributed by atoms with E-state index in [0.717, 1.165) is 0 Å². The summed E-state index contributed by atoms with van der Waals surface area (Å²) in [5, 5.41) is 14.3. The fraction of sp³-hybridized carbons (Fsp3) is 0.710. The van der Waals surface area contributed by atoms with Gasteiger partial charge in [0.1, 0.15) is 29.9 Å². The second-order valence-corrected chi connectivity index (χ2v) is 15.7. The number of hydrogen-bond donors (Lipinski definition) is 2. The fourth-order valence-corrected chi connectivity index (χ4v) is 7.00. The van der Waals surface area contributed by atoms with Gasteiger partial charge in [0, 0.05) is 27.3 Å². The van der Waals surface area contributed by atoms with Gasteiger partial charge in [-0.1, -0.05) is 58.8 Å². The number of pyridine rings is 1. The van der Waals surface area contributed by atoms with E-state index in [1.807, 2.05) is 41.5 Å². The molecule has 1 aromatic heterocycles. The van der Waals surface area contributed by atoms with E-state index in [1.54, 1.807) is 27.0 Å². The molecular formula is C31H52N6O8S2. The summed E-state index contributed by atoms with van der Waals surface area (Å²) in [6.07, 6.45) is 0.495. The number of likely N-dealkylation sites (N-methyl/N-ethyl adjacent to an activating group) is 2. The predicted molar refractivity (Wildman–Crippen MR) is 184 cm³/mol. The first-order valence-electron chi connectivity index (χ1n) is 15.5. The molecule has 0 fully saturated rings. The van der Waals surface area contributed by atoms with Crippen LogP contribution in [-0.2, 0) is 23.9 Å². The van der Waals surface area contributed by atoms with Gasteiger partial charge < -0.3 is 25.4 Å². The maximum absolute atomic E-state index is 13.9. The predicted octanol–water partition coefficient (Wildman–Crippen LogP) is 4.51. The number of carbonyl (C=O) groups excluding carboxylic acids is 4. The van der Waals surface area contributed by atoms with E-state index >= 15 is 0 Å². The largest absolute Gasteiger partial charge is 0.448 e. The van der Waals surface area contributed by atoms with Crippen LogP contribution in [0.4, 0.5) is 10.5 Å². The van der Waals surface area contributed by atoms with Gasteiger partial charge in [0.15, 0.2) is 0 Å². The highest BCUT2D eigenvalue weighted by Gasteiger charge is 2.39. The maximum atomic E-state index is 13.9. The first-order chi connectivity index (χ1) is 21.8. The molecule has 4 amide bonds. The van der Waals surface area contributed by atoms with E-state index in [-0.39, 0.29) is 42.4 Å². The lowest BCUT2D eigenvalue weighted by Crippen LogP contribution is -2.60. The number of carbonyl (C=O) groups is 4. The lowest BCUT2D eigenvalue weighted by Gasteiger charge is -2.40. The van der Waals surface area contributed by atoms with Gasteiger partial charge >= 0.3 is 6.09 Å². The lowest BCUT2D eigenvalue weighted by molar-refractivity contribution is -0.385. The molecule has 1 rings (SSSR count). The van der Waals surface area contributed by atoms with E-state index in [2.05, 4.69) is 10.3 Å². The molecule has 3 N–H and O–H groups in total. The zero-order chi connectivity index (χ0) is 36.2. The van der Waals surface area contributed by atoms with Crippen molar-refractivity contribution in [2.45, 2.75) is 102 Å². The molecular weight excluding hydrogens is 649 g/mol. The Bertz CT molecular complexity index is 1220. The normalized spacial score (nSPS) is 14.9. The number of hydrogen-bond acceptors (Lipinski definition) is 11. The molecule has 1 aromatic rings. The third-order valence-electron chi connectivity index (χ3n) is 7.77. The summed E-state index contributed by atoms with van der Waals surface area (Å²) in [4.78, 5) is 69.7. The Kier molecular flexibility index (Phi) is 17.0. The molecule has 1 heterocycles. The average molecular weight is 701 g/mol. The summed E-state index contributed by atoms with van der Waals surface area (Å²) in [6, 6.07) is 0.581. The highest BCUT2D eigenvalue weighted by molar-refractivity contribution is 8.77. The van der Waals surface area contributed by atoms with Crippen molar-refractivity contribution >= 4 is 51.1 Å². The van der Waals surface area contributed by atoms with E-state index in [1.165, 1.54) is 57.8 Å². The van der Waals surface area contributed by atoms with Crippen LogP contribution in [0.2, 0.25) is 0 Å². The second kappa shape index (κ2) is 19.0. The molecule has 266 valence electrons. The fourth-order valence-electron chi connectivity index (χ4n) is 4.99. The summed E-state index contributed by atoms with van der Waals surface area (Å²) in [7, 11) is 7.26. The third kappa shape index (κ3) is 12.8. The number of nitro groups is 1. The van der Waals surface area contributed by atoms with Crippen LogP contribution < -0.4 is 11.1 Å². The number of nitrogens with two attached hydrogens (primary N) is 1. The van der Waals surface area contributed by atoms with Crippen molar-refractivity contribution in [2.24, 2.45) is 23.5 Å². The summed E-state index contributed by atoms with van der Waals surface area (Å²) >= 11 is 0. The summed E-state index contributed by atoms with van der Waals surface area (Å²) in [5.41, 5.74) is 5.36. The Labute approximate surface area is 286 Å². The zero-order valence-corrected chi connectivity index (χ0v) is 31.0. The van der Waals surface area contributed by atoms with Crippen LogP contribution in [0.5, 0.6) is 0 Å². The molecule has 0 unspecified atom stereocenters. The van der Waals surface area contributed by atoms with E-state index < -0.39 is 51.8 Å². The number of ether oxygens (including phenoxy) is 2. The Hall–Kier alpha value is -3.11. The minimum absolute atomic E-state index is 0.00806. The lowest BCUT2D eigenvalue weighted by atomic mass is 9.89. The Morgan fingerprint density at radius 2 is 1.70 bits per heavy atom. The Morgan fingerprint density at radius 1 is 1.09 bits per heavy atom. The molecule has 0 spiro atoms. The van der Waals surface area contributed by atoms with E-state index in [0.29, 0.717) is 11.4 Å². The van der Waals surface area contributed by atoms with Crippen molar-refractivity contribution in [1.82, 2.24) is 20.1 Å². The monoisotopic (exact) mass is 700 g/mol. The zero-order valence-electron chi connectivity index (χ0n) is 29.3.